The van der Waals surface area contributed by atoms with Crippen LogP contribution in [0.25, 0.3) is 0 Å². The fraction of sp³-hybridized carbons (Fsp3) is 0.318. The van der Waals surface area contributed by atoms with Gasteiger partial charge in [0, 0.05) is 34.6 Å². The molecule has 0 heterocycles. The van der Waals surface area contributed by atoms with E-state index in [1.807, 2.05) is 27.7 Å². The summed E-state index contributed by atoms with van der Waals surface area (Å²) in [4.78, 5) is 36.3. The lowest BCUT2D eigenvalue weighted by Gasteiger charge is -2.18. The molecule has 2 rings (SSSR count). The van der Waals surface area contributed by atoms with Crippen molar-refractivity contribution in [1.29, 1.82) is 0 Å². The highest BCUT2D eigenvalue weighted by Gasteiger charge is 2.21. The van der Waals surface area contributed by atoms with Crippen LogP contribution in [-0.2, 0) is 9.59 Å². The number of rotatable bonds is 7. The first-order valence-electron chi connectivity index (χ1n) is 9.52. The van der Waals surface area contributed by atoms with E-state index in [0.29, 0.717) is 29.2 Å². The van der Waals surface area contributed by atoms with Crippen molar-refractivity contribution in [3.05, 3.63) is 54.1 Å². The Kier molecular flexibility index (Phi) is 7.36. The molecule has 0 radical (unpaired) electrons. The van der Waals surface area contributed by atoms with Gasteiger partial charge in [0.1, 0.15) is 0 Å². The topological polar surface area (TPSA) is 99.3 Å². The highest BCUT2D eigenvalue weighted by Crippen LogP contribution is 2.20. The fourth-order valence-electron chi connectivity index (χ4n) is 2.41. The molecule has 0 aliphatic heterocycles. The Morgan fingerprint density at radius 2 is 1.48 bits per heavy atom. The van der Waals surface area contributed by atoms with Crippen LogP contribution < -0.4 is 21.3 Å². The standard InChI is InChI=1S/C22H28N4O3/c1-5-23-20(28)15-8-6-9-16(12-15)24-14-19(27)25-17-10-7-11-18(13-17)26-21(29)22(2,3)4/h6-13,24H,5,14H2,1-4H3,(H,23,28)(H,25,27)(H,26,29). The van der Waals surface area contributed by atoms with Crippen molar-refractivity contribution < 1.29 is 14.4 Å². The van der Waals surface area contributed by atoms with Crippen LogP contribution in [0.3, 0.4) is 0 Å². The summed E-state index contributed by atoms with van der Waals surface area (Å²) in [6.45, 7) is 7.95. The summed E-state index contributed by atoms with van der Waals surface area (Å²) in [6, 6.07) is 13.9. The van der Waals surface area contributed by atoms with Gasteiger partial charge in [0.2, 0.25) is 11.8 Å². The van der Waals surface area contributed by atoms with E-state index < -0.39 is 5.41 Å². The molecule has 0 unspecified atom stereocenters. The zero-order chi connectivity index (χ0) is 21.4. The maximum atomic E-state index is 12.3. The smallest absolute Gasteiger partial charge is 0.251 e. The molecular formula is C22H28N4O3. The van der Waals surface area contributed by atoms with Crippen LogP contribution >= 0.6 is 0 Å². The molecule has 7 heteroatoms. The Hall–Kier alpha value is -3.35. The number of amides is 3. The molecule has 4 N–H and O–H groups in total. The Morgan fingerprint density at radius 1 is 0.862 bits per heavy atom. The molecule has 0 aliphatic rings. The summed E-state index contributed by atoms with van der Waals surface area (Å²) in [5.41, 5.74) is 1.89. The minimum absolute atomic E-state index is 0.0391. The monoisotopic (exact) mass is 396 g/mol. The highest BCUT2D eigenvalue weighted by atomic mass is 16.2. The zero-order valence-electron chi connectivity index (χ0n) is 17.3. The van der Waals surface area contributed by atoms with E-state index in [2.05, 4.69) is 21.3 Å². The minimum atomic E-state index is -0.508. The third-order valence-corrected chi connectivity index (χ3v) is 4.00. The predicted octanol–water partition coefficient (Wildman–Crippen LogP) is 3.47. The maximum absolute atomic E-state index is 12.3. The van der Waals surface area contributed by atoms with E-state index in [1.165, 1.54) is 0 Å². The summed E-state index contributed by atoms with van der Waals surface area (Å²) in [5.74, 6) is -0.503. The van der Waals surface area contributed by atoms with Crippen LogP contribution in [0, 0.1) is 5.41 Å². The SMILES string of the molecule is CCNC(=O)c1cccc(NCC(=O)Nc2cccc(NC(=O)C(C)(C)C)c2)c1. The second kappa shape index (κ2) is 9.73. The molecule has 29 heavy (non-hydrogen) atoms. The molecule has 0 atom stereocenters. The Labute approximate surface area is 171 Å². The molecule has 0 aromatic heterocycles. The highest BCUT2D eigenvalue weighted by molar-refractivity contribution is 5.97. The average molecular weight is 396 g/mol. The molecule has 3 amide bonds. The Morgan fingerprint density at radius 3 is 2.14 bits per heavy atom. The molecule has 2 aromatic rings. The van der Waals surface area contributed by atoms with E-state index in [-0.39, 0.29) is 24.3 Å². The molecule has 2 aromatic carbocycles. The van der Waals surface area contributed by atoms with Gasteiger partial charge in [0.15, 0.2) is 0 Å². The molecule has 0 spiro atoms. The average Bonchev–Trinajstić information content (AvgIpc) is 2.66. The van der Waals surface area contributed by atoms with Gasteiger partial charge in [0.05, 0.1) is 6.54 Å². The molecule has 154 valence electrons. The molecule has 7 nitrogen and oxygen atoms in total. The Balaban J connectivity index is 1.93. The summed E-state index contributed by atoms with van der Waals surface area (Å²) in [7, 11) is 0. The van der Waals surface area contributed by atoms with Crippen LogP contribution in [0.2, 0.25) is 0 Å². The summed E-state index contributed by atoms with van der Waals surface area (Å²) < 4.78 is 0. The van der Waals surface area contributed by atoms with Crippen molar-refractivity contribution in [3.8, 4) is 0 Å². The molecule has 0 fully saturated rings. The zero-order valence-corrected chi connectivity index (χ0v) is 17.3. The first kappa shape index (κ1) is 21.9. The Bertz CT molecular complexity index is 888. The van der Waals surface area contributed by atoms with E-state index in [9.17, 15) is 14.4 Å². The second-order valence-electron chi connectivity index (χ2n) is 7.63. The fourth-order valence-corrected chi connectivity index (χ4v) is 2.41. The lowest BCUT2D eigenvalue weighted by atomic mass is 9.95. The van der Waals surface area contributed by atoms with Crippen LogP contribution in [0.5, 0.6) is 0 Å². The van der Waals surface area contributed by atoms with Gasteiger partial charge < -0.3 is 21.3 Å². The molecule has 0 saturated heterocycles. The predicted molar refractivity (Wildman–Crippen MR) is 116 cm³/mol. The van der Waals surface area contributed by atoms with E-state index in [1.54, 1.807) is 48.5 Å². The number of hydrogen-bond donors (Lipinski definition) is 4. The minimum Gasteiger partial charge on any atom is -0.376 e. The van der Waals surface area contributed by atoms with Crippen molar-refractivity contribution in [2.45, 2.75) is 27.7 Å². The first-order chi connectivity index (χ1) is 13.7. The van der Waals surface area contributed by atoms with Gasteiger partial charge in [-0.2, -0.15) is 0 Å². The third-order valence-electron chi connectivity index (χ3n) is 4.00. The quantitative estimate of drug-likeness (QED) is 0.576. The number of hydrogen-bond acceptors (Lipinski definition) is 4. The lowest BCUT2D eigenvalue weighted by Crippen LogP contribution is -2.27. The first-order valence-corrected chi connectivity index (χ1v) is 9.52. The van der Waals surface area contributed by atoms with E-state index in [4.69, 9.17) is 0 Å². The van der Waals surface area contributed by atoms with Gasteiger partial charge in [-0.3, -0.25) is 14.4 Å². The van der Waals surface area contributed by atoms with Gasteiger partial charge in [-0.05, 0) is 43.3 Å². The number of benzene rings is 2. The van der Waals surface area contributed by atoms with Crippen LogP contribution in [0.4, 0.5) is 17.1 Å². The second-order valence-corrected chi connectivity index (χ2v) is 7.63. The van der Waals surface area contributed by atoms with Crippen molar-refractivity contribution >= 4 is 34.8 Å². The van der Waals surface area contributed by atoms with E-state index >= 15 is 0 Å². The van der Waals surface area contributed by atoms with E-state index in [0.717, 1.165) is 0 Å². The normalized spacial score (nSPS) is 10.8. The van der Waals surface area contributed by atoms with Crippen molar-refractivity contribution in [2.24, 2.45) is 5.41 Å². The van der Waals surface area contributed by atoms with Crippen LogP contribution in [0.15, 0.2) is 48.5 Å². The summed E-state index contributed by atoms with van der Waals surface area (Å²) >= 11 is 0. The van der Waals surface area contributed by atoms with Gasteiger partial charge in [-0.1, -0.05) is 32.9 Å². The number of anilines is 3. The largest absolute Gasteiger partial charge is 0.376 e. The van der Waals surface area contributed by atoms with Crippen LogP contribution in [0.1, 0.15) is 38.1 Å². The van der Waals surface area contributed by atoms with Gasteiger partial charge in [0.25, 0.3) is 5.91 Å². The van der Waals surface area contributed by atoms with Gasteiger partial charge in [-0.25, -0.2) is 0 Å². The van der Waals surface area contributed by atoms with Gasteiger partial charge in [-0.15, -0.1) is 0 Å². The number of nitrogens with one attached hydrogen (secondary N) is 4. The van der Waals surface area contributed by atoms with Gasteiger partial charge >= 0.3 is 0 Å². The van der Waals surface area contributed by atoms with Crippen molar-refractivity contribution in [3.63, 3.8) is 0 Å². The summed E-state index contributed by atoms with van der Waals surface area (Å²) in [6.07, 6.45) is 0. The number of carbonyl (C=O) groups is 3. The van der Waals surface area contributed by atoms with Crippen molar-refractivity contribution in [1.82, 2.24) is 5.32 Å². The summed E-state index contributed by atoms with van der Waals surface area (Å²) in [5, 5.41) is 11.4. The molecular weight excluding hydrogens is 368 g/mol. The van der Waals surface area contributed by atoms with Crippen LogP contribution in [-0.4, -0.2) is 30.8 Å². The molecule has 0 aliphatic carbocycles. The molecule has 0 saturated carbocycles. The lowest BCUT2D eigenvalue weighted by molar-refractivity contribution is -0.123. The maximum Gasteiger partial charge on any atom is 0.251 e. The number of carbonyl (C=O) groups excluding carboxylic acids is 3. The van der Waals surface area contributed by atoms with Crippen molar-refractivity contribution in [2.75, 3.05) is 29.0 Å². The molecule has 0 bridgehead atoms. The third kappa shape index (κ3) is 6.95.